The lowest BCUT2D eigenvalue weighted by molar-refractivity contribution is -0.172. The number of aliphatic hydroxyl groups is 1. The minimum absolute atomic E-state index is 0.0389. The number of nitrogens with two attached hydrogens (primary N) is 1. The molecule has 5 rings (SSSR count). The Bertz CT molecular complexity index is 1370. The summed E-state index contributed by atoms with van der Waals surface area (Å²) in [6.07, 6.45) is 0.0501. The van der Waals surface area contributed by atoms with Gasteiger partial charge < -0.3 is 20.1 Å². The first-order valence-electron chi connectivity index (χ1n) is 9.91. The molecule has 31 heavy (non-hydrogen) atoms. The fourth-order valence-electron chi connectivity index (χ4n) is 4.63. The highest BCUT2D eigenvalue weighted by molar-refractivity contribution is 6.31. The number of halogens is 2. The van der Waals surface area contributed by atoms with Gasteiger partial charge in [0.1, 0.15) is 12.4 Å². The van der Waals surface area contributed by atoms with Gasteiger partial charge >= 0.3 is 5.97 Å². The molecule has 1 aromatic carbocycles. The number of carbonyl (C=O) groups is 1. The van der Waals surface area contributed by atoms with Crippen LogP contribution >= 0.6 is 11.6 Å². The van der Waals surface area contributed by atoms with Crippen molar-refractivity contribution in [3.63, 3.8) is 0 Å². The Morgan fingerprint density at radius 1 is 1.35 bits per heavy atom. The summed E-state index contributed by atoms with van der Waals surface area (Å²) in [5, 5.41) is 11.5. The van der Waals surface area contributed by atoms with Crippen LogP contribution in [0.15, 0.2) is 23.0 Å². The van der Waals surface area contributed by atoms with Crippen molar-refractivity contribution >= 4 is 28.5 Å². The topological polar surface area (TPSA) is 107 Å². The Balaban J connectivity index is 1.86. The third-order valence-electron chi connectivity index (χ3n) is 6.23. The Hall–Kier alpha value is -2.81. The van der Waals surface area contributed by atoms with Crippen LogP contribution in [-0.4, -0.2) is 20.6 Å². The second kappa shape index (κ2) is 6.59. The zero-order chi connectivity index (χ0) is 22.2. The van der Waals surface area contributed by atoms with Crippen LogP contribution in [0.2, 0.25) is 5.02 Å². The second-order valence-electron chi connectivity index (χ2n) is 8.03. The number of rotatable bonds is 2. The van der Waals surface area contributed by atoms with Crippen molar-refractivity contribution in [1.29, 1.82) is 0 Å². The number of aromatic nitrogens is 2. The number of carbonyl (C=O) groups excluding carboxylic acids is 1. The average molecular weight is 444 g/mol. The molecule has 4 heterocycles. The number of pyridine rings is 2. The van der Waals surface area contributed by atoms with E-state index in [1.54, 1.807) is 19.9 Å². The van der Waals surface area contributed by atoms with Gasteiger partial charge in [-0.3, -0.25) is 4.79 Å². The van der Waals surface area contributed by atoms with E-state index in [1.165, 1.54) is 16.7 Å². The Labute approximate surface area is 181 Å². The van der Waals surface area contributed by atoms with Crippen molar-refractivity contribution < 1.29 is 19.0 Å². The summed E-state index contributed by atoms with van der Waals surface area (Å²) < 4.78 is 20.8. The number of hydrogen-bond donors (Lipinski definition) is 2. The number of ether oxygens (including phenoxy) is 1. The molecule has 0 saturated heterocycles. The predicted octanol–water partition coefficient (Wildman–Crippen LogP) is 2.89. The first kappa shape index (κ1) is 20.1. The van der Waals surface area contributed by atoms with Gasteiger partial charge in [-0.25, -0.2) is 14.2 Å². The highest BCUT2D eigenvalue weighted by Gasteiger charge is 2.45. The number of cyclic esters (lactones) is 1. The van der Waals surface area contributed by atoms with Crippen LogP contribution in [0.1, 0.15) is 48.6 Å². The molecule has 9 heteroatoms. The third kappa shape index (κ3) is 2.62. The summed E-state index contributed by atoms with van der Waals surface area (Å²) in [5.41, 5.74) is 7.18. The monoisotopic (exact) mass is 443 g/mol. The summed E-state index contributed by atoms with van der Waals surface area (Å²) in [5.74, 6) is -1.40. The summed E-state index contributed by atoms with van der Waals surface area (Å²) in [7, 11) is 0. The van der Waals surface area contributed by atoms with Gasteiger partial charge in [-0.2, -0.15) is 0 Å². The molecule has 0 amide bonds. The smallest absolute Gasteiger partial charge is 0.343 e. The molecule has 0 fully saturated rings. The highest BCUT2D eigenvalue weighted by atomic mass is 35.5. The summed E-state index contributed by atoms with van der Waals surface area (Å²) in [6.45, 7) is 3.44. The SMILES string of the molecule is CC[C@@]1(O)C(=O)OCc2c1cc1n(c2=O)Cc2c-1nc1cc(F)c(Cl)cc1c2C(C)N. The fourth-order valence-corrected chi connectivity index (χ4v) is 4.79. The normalized spacial score (nSPS) is 20.3. The van der Waals surface area contributed by atoms with Gasteiger partial charge in [-0.1, -0.05) is 18.5 Å². The molecular formula is C22H19ClFN3O4. The van der Waals surface area contributed by atoms with Crippen LogP contribution in [0.3, 0.4) is 0 Å². The molecule has 0 bridgehead atoms. The molecule has 7 nitrogen and oxygen atoms in total. The first-order chi connectivity index (χ1) is 14.7. The van der Waals surface area contributed by atoms with Gasteiger partial charge in [0, 0.05) is 28.6 Å². The molecular weight excluding hydrogens is 425 g/mol. The quantitative estimate of drug-likeness (QED) is 0.461. The lowest BCUT2D eigenvalue weighted by Crippen LogP contribution is -2.44. The molecule has 160 valence electrons. The minimum atomic E-state index is -1.91. The van der Waals surface area contributed by atoms with E-state index in [0.717, 1.165) is 11.1 Å². The molecule has 3 aromatic rings. The van der Waals surface area contributed by atoms with Crippen molar-refractivity contribution in [2.24, 2.45) is 5.73 Å². The van der Waals surface area contributed by atoms with Crippen molar-refractivity contribution in [3.05, 3.63) is 61.6 Å². The van der Waals surface area contributed by atoms with Gasteiger partial charge in [0.15, 0.2) is 5.60 Å². The second-order valence-corrected chi connectivity index (χ2v) is 8.44. The molecule has 3 N–H and O–H groups in total. The first-order valence-corrected chi connectivity index (χ1v) is 10.3. The van der Waals surface area contributed by atoms with Crippen LogP contribution in [0, 0.1) is 5.82 Å². The number of esters is 1. The molecule has 0 aliphatic carbocycles. The van der Waals surface area contributed by atoms with E-state index in [1.807, 2.05) is 0 Å². The number of fused-ring (bicyclic) bond motifs is 5. The van der Waals surface area contributed by atoms with Crippen molar-refractivity contribution in [1.82, 2.24) is 9.55 Å². The maximum atomic E-state index is 14.2. The van der Waals surface area contributed by atoms with Crippen molar-refractivity contribution in [2.45, 2.75) is 45.1 Å². The Morgan fingerprint density at radius 3 is 2.77 bits per heavy atom. The Morgan fingerprint density at radius 2 is 2.10 bits per heavy atom. The van der Waals surface area contributed by atoms with E-state index < -0.39 is 23.4 Å². The van der Waals surface area contributed by atoms with Crippen LogP contribution in [0.4, 0.5) is 4.39 Å². The Kier molecular flexibility index (Phi) is 4.28. The molecule has 2 aliphatic rings. The molecule has 2 atom stereocenters. The molecule has 0 spiro atoms. The van der Waals surface area contributed by atoms with Crippen LogP contribution in [-0.2, 0) is 28.3 Å². The van der Waals surface area contributed by atoms with Gasteiger partial charge in [0.05, 0.1) is 34.0 Å². The van der Waals surface area contributed by atoms with Gasteiger partial charge in [0.2, 0.25) is 0 Å². The number of nitrogens with zero attached hydrogens (tertiary/aromatic N) is 2. The average Bonchev–Trinajstić information content (AvgIpc) is 3.08. The van der Waals surface area contributed by atoms with Crippen molar-refractivity contribution in [2.75, 3.05) is 0 Å². The van der Waals surface area contributed by atoms with Gasteiger partial charge in [-0.05, 0) is 31.0 Å². The fraction of sp³-hybridized carbons (Fsp3) is 0.318. The minimum Gasteiger partial charge on any atom is -0.458 e. The summed E-state index contributed by atoms with van der Waals surface area (Å²) in [4.78, 5) is 30.2. The van der Waals surface area contributed by atoms with Crippen LogP contribution in [0.5, 0.6) is 0 Å². The van der Waals surface area contributed by atoms with E-state index in [0.29, 0.717) is 22.3 Å². The van der Waals surface area contributed by atoms with E-state index in [-0.39, 0.29) is 41.3 Å². The third-order valence-corrected chi connectivity index (χ3v) is 6.52. The van der Waals surface area contributed by atoms with Gasteiger partial charge in [-0.15, -0.1) is 0 Å². The zero-order valence-electron chi connectivity index (χ0n) is 16.8. The predicted molar refractivity (Wildman–Crippen MR) is 112 cm³/mol. The lowest BCUT2D eigenvalue weighted by atomic mass is 9.86. The van der Waals surface area contributed by atoms with E-state index in [9.17, 15) is 19.1 Å². The zero-order valence-corrected chi connectivity index (χ0v) is 17.6. The maximum Gasteiger partial charge on any atom is 0.343 e. The lowest BCUT2D eigenvalue weighted by Gasteiger charge is -2.31. The van der Waals surface area contributed by atoms with E-state index >= 15 is 0 Å². The van der Waals surface area contributed by atoms with Gasteiger partial charge in [0.25, 0.3) is 5.56 Å². The highest BCUT2D eigenvalue weighted by Crippen LogP contribution is 2.41. The molecule has 1 unspecified atom stereocenters. The maximum absolute atomic E-state index is 14.2. The summed E-state index contributed by atoms with van der Waals surface area (Å²) >= 11 is 6.00. The van der Waals surface area contributed by atoms with Crippen LogP contribution < -0.4 is 11.3 Å². The van der Waals surface area contributed by atoms with Crippen molar-refractivity contribution in [3.8, 4) is 11.4 Å². The van der Waals surface area contributed by atoms with E-state index in [2.05, 4.69) is 4.98 Å². The molecule has 2 aliphatic heterocycles. The summed E-state index contributed by atoms with van der Waals surface area (Å²) in [6, 6.07) is 3.92. The largest absolute Gasteiger partial charge is 0.458 e. The number of hydrogen-bond acceptors (Lipinski definition) is 6. The van der Waals surface area contributed by atoms with E-state index in [4.69, 9.17) is 22.1 Å². The molecule has 2 aromatic heterocycles. The molecule has 0 radical (unpaired) electrons. The van der Waals surface area contributed by atoms with Crippen LogP contribution in [0.25, 0.3) is 22.3 Å². The standard InChI is InChI=1S/C22H19ClFN3O4/c1-3-22(30)13-5-17-19-11(7-27(17)20(28)12(13)8-31-21(22)29)18(9(2)25)10-4-14(23)15(24)6-16(10)26-19/h4-6,9,30H,3,7-8,25H2,1-2H3/t9?,22-/m0/s1. The number of benzene rings is 1. The molecule has 0 saturated carbocycles.